The Morgan fingerprint density at radius 3 is 2.77 bits per heavy atom. The standard InChI is InChI=1S/C19H34N4OS2/c1-6-20-18(21-12-17-23-16(13-25-17)19(3,4)5)22-14-9-8-10-15(11-14)26(24)7-2/h13-15H,6-12H2,1-5H3,(H2,20,21,22). The Balaban J connectivity index is 1.98. The lowest BCUT2D eigenvalue weighted by Crippen LogP contribution is -2.46. The average Bonchev–Trinajstić information content (AvgIpc) is 3.09. The van der Waals surface area contributed by atoms with E-state index >= 15 is 0 Å². The zero-order valence-electron chi connectivity index (χ0n) is 16.8. The fourth-order valence-corrected chi connectivity index (χ4v) is 5.43. The van der Waals surface area contributed by atoms with Gasteiger partial charge in [0.25, 0.3) is 0 Å². The molecule has 2 rings (SSSR count). The highest BCUT2D eigenvalue weighted by atomic mass is 32.2. The first-order chi connectivity index (χ1) is 12.3. The number of thiazole rings is 1. The normalized spacial score (nSPS) is 22.9. The summed E-state index contributed by atoms with van der Waals surface area (Å²) in [5.74, 6) is 1.60. The highest BCUT2D eigenvalue weighted by molar-refractivity contribution is 7.85. The van der Waals surface area contributed by atoms with Crippen molar-refractivity contribution in [1.29, 1.82) is 0 Å². The zero-order chi connectivity index (χ0) is 19.2. The molecule has 0 bridgehead atoms. The Morgan fingerprint density at radius 2 is 2.15 bits per heavy atom. The minimum absolute atomic E-state index is 0.0766. The summed E-state index contributed by atoms with van der Waals surface area (Å²) in [6, 6.07) is 0.350. The zero-order valence-corrected chi connectivity index (χ0v) is 18.4. The van der Waals surface area contributed by atoms with Gasteiger partial charge in [-0.3, -0.25) is 4.21 Å². The smallest absolute Gasteiger partial charge is 0.191 e. The first-order valence-corrected chi connectivity index (χ1v) is 12.0. The topological polar surface area (TPSA) is 66.4 Å². The van der Waals surface area contributed by atoms with E-state index in [2.05, 4.69) is 43.7 Å². The number of nitrogens with zero attached hydrogens (tertiary/aromatic N) is 2. The van der Waals surface area contributed by atoms with Crippen LogP contribution in [0.5, 0.6) is 0 Å². The quantitative estimate of drug-likeness (QED) is 0.568. The highest BCUT2D eigenvalue weighted by Gasteiger charge is 2.26. The molecule has 3 unspecified atom stereocenters. The first kappa shape index (κ1) is 21.4. The minimum atomic E-state index is -0.701. The molecule has 0 spiro atoms. The second-order valence-corrected chi connectivity index (χ2v) is 10.8. The van der Waals surface area contributed by atoms with Crippen molar-refractivity contribution in [3.8, 4) is 0 Å². The average molecular weight is 399 g/mol. The summed E-state index contributed by atoms with van der Waals surface area (Å²) in [4.78, 5) is 9.45. The van der Waals surface area contributed by atoms with Crippen LogP contribution in [-0.4, -0.2) is 38.7 Å². The summed E-state index contributed by atoms with van der Waals surface area (Å²) >= 11 is 1.68. The first-order valence-electron chi connectivity index (χ1n) is 9.70. The Kier molecular flexibility index (Phi) is 8.07. The maximum Gasteiger partial charge on any atom is 0.191 e. The van der Waals surface area contributed by atoms with Gasteiger partial charge in [0.1, 0.15) is 5.01 Å². The Morgan fingerprint density at radius 1 is 1.38 bits per heavy atom. The molecule has 0 saturated heterocycles. The van der Waals surface area contributed by atoms with Crippen LogP contribution in [0.15, 0.2) is 10.4 Å². The van der Waals surface area contributed by atoms with Crippen molar-refractivity contribution in [3.05, 3.63) is 16.1 Å². The molecular weight excluding hydrogens is 364 g/mol. The van der Waals surface area contributed by atoms with E-state index < -0.39 is 10.8 Å². The Labute approximate surface area is 164 Å². The van der Waals surface area contributed by atoms with E-state index in [1.807, 2.05) is 6.92 Å². The van der Waals surface area contributed by atoms with Crippen LogP contribution in [0, 0.1) is 0 Å². The molecule has 148 valence electrons. The van der Waals surface area contributed by atoms with Crippen LogP contribution in [-0.2, 0) is 22.8 Å². The van der Waals surface area contributed by atoms with Crippen LogP contribution in [0.1, 0.15) is 71.0 Å². The van der Waals surface area contributed by atoms with Gasteiger partial charge in [-0.15, -0.1) is 11.3 Å². The van der Waals surface area contributed by atoms with Gasteiger partial charge in [-0.05, 0) is 26.2 Å². The van der Waals surface area contributed by atoms with Crippen LogP contribution in [0.3, 0.4) is 0 Å². The summed E-state index contributed by atoms with van der Waals surface area (Å²) in [7, 11) is -0.701. The van der Waals surface area contributed by atoms with Gasteiger partial charge >= 0.3 is 0 Å². The van der Waals surface area contributed by atoms with Crippen LogP contribution < -0.4 is 10.6 Å². The fraction of sp³-hybridized carbons (Fsp3) is 0.789. The summed E-state index contributed by atoms with van der Waals surface area (Å²) in [5, 5.41) is 10.4. The second kappa shape index (κ2) is 9.83. The molecule has 1 aromatic heterocycles. The van der Waals surface area contributed by atoms with Crippen molar-refractivity contribution in [1.82, 2.24) is 15.6 Å². The third-order valence-corrected chi connectivity index (χ3v) is 7.23. The molecule has 5 nitrogen and oxygen atoms in total. The highest BCUT2D eigenvalue weighted by Crippen LogP contribution is 2.25. The SMILES string of the molecule is CCNC(=NCc1nc(C(C)(C)C)cs1)NC1CCCC(S(=O)CC)C1. The van der Waals surface area contributed by atoms with Gasteiger partial charge < -0.3 is 10.6 Å². The van der Waals surface area contributed by atoms with E-state index in [-0.39, 0.29) is 5.41 Å². The fourth-order valence-electron chi connectivity index (χ4n) is 3.14. The van der Waals surface area contributed by atoms with E-state index in [4.69, 9.17) is 9.98 Å². The molecule has 0 aliphatic heterocycles. The summed E-state index contributed by atoms with van der Waals surface area (Å²) in [5.41, 5.74) is 1.20. The van der Waals surface area contributed by atoms with Gasteiger partial charge in [-0.25, -0.2) is 9.98 Å². The molecule has 0 amide bonds. The van der Waals surface area contributed by atoms with Crippen molar-refractivity contribution in [2.24, 2.45) is 4.99 Å². The molecule has 3 atom stereocenters. The lowest BCUT2D eigenvalue weighted by molar-refractivity contribution is 0.413. The molecule has 1 saturated carbocycles. The molecule has 1 aliphatic rings. The molecule has 1 heterocycles. The number of aliphatic imine (C=N–C) groups is 1. The van der Waals surface area contributed by atoms with Gasteiger partial charge in [0.2, 0.25) is 0 Å². The lowest BCUT2D eigenvalue weighted by atomic mass is 9.93. The van der Waals surface area contributed by atoms with Crippen LogP contribution in [0.2, 0.25) is 0 Å². The third-order valence-electron chi connectivity index (χ3n) is 4.66. The molecular formula is C19H34N4OS2. The van der Waals surface area contributed by atoms with Crippen LogP contribution >= 0.6 is 11.3 Å². The Hall–Kier alpha value is -0.950. The number of aromatic nitrogens is 1. The molecule has 0 radical (unpaired) electrons. The predicted molar refractivity (Wildman–Crippen MR) is 113 cm³/mol. The van der Waals surface area contributed by atoms with Gasteiger partial charge in [0.15, 0.2) is 5.96 Å². The van der Waals surface area contributed by atoms with Crippen molar-refractivity contribution in [2.75, 3.05) is 12.3 Å². The number of rotatable bonds is 6. The van der Waals surface area contributed by atoms with Gasteiger partial charge in [-0.2, -0.15) is 0 Å². The van der Waals surface area contributed by atoms with Crippen molar-refractivity contribution >= 4 is 28.1 Å². The number of hydrogen-bond acceptors (Lipinski definition) is 4. The molecule has 2 N–H and O–H groups in total. The summed E-state index contributed by atoms with van der Waals surface area (Å²) < 4.78 is 12.1. The lowest BCUT2D eigenvalue weighted by Gasteiger charge is -2.30. The molecule has 1 aliphatic carbocycles. The van der Waals surface area contributed by atoms with Crippen LogP contribution in [0.4, 0.5) is 0 Å². The van der Waals surface area contributed by atoms with Crippen molar-refractivity contribution in [3.63, 3.8) is 0 Å². The van der Waals surface area contributed by atoms with Gasteiger partial charge in [0.05, 0.1) is 12.2 Å². The third kappa shape index (κ3) is 6.34. The van der Waals surface area contributed by atoms with Gasteiger partial charge in [-0.1, -0.05) is 34.1 Å². The monoisotopic (exact) mass is 398 g/mol. The van der Waals surface area contributed by atoms with E-state index in [1.165, 1.54) is 0 Å². The van der Waals surface area contributed by atoms with E-state index in [0.717, 1.165) is 54.6 Å². The molecule has 0 aromatic carbocycles. The number of guanidine groups is 1. The summed E-state index contributed by atoms with van der Waals surface area (Å²) in [6.45, 7) is 12.1. The second-order valence-electron chi connectivity index (χ2n) is 7.87. The largest absolute Gasteiger partial charge is 0.357 e. The molecule has 1 fully saturated rings. The number of nitrogens with one attached hydrogen (secondary N) is 2. The van der Waals surface area contributed by atoms with Crippen molar-refractivity contribution in [2.45, 2.75) is 83.6 Å². The van der Waals surface area contributed by atoms with E-state index in [1.54, 1.807) is 11.3 Å². The van der Waals surface area contributed by atoms with Crippen LogP contribution in [0.25, 0.3) is 0 Å². The molecule has 1 aromatic rings. The molecule has 26 heavy (non-hydrogen) atoms. The molecule has 7 heteroatoms. The van der Waals surface area contributed by atoms with Crippen molar-refractivity contribution < 1.29 is 4.21 Å². The minimum Gasteiger partial charge on any atom is -0.357 e. The Bertz CT molecular complexity index is 621. The number of hydrogen-bond donors (Lipinski definition) is 2. The maximum absolute atomic E-state index is 12.1. The van der Waals surface area contributed by atoms with E-state index in [9.17, 15) is 4.21 Å². The maximum atomic E-state index is 12.1. The summed E-state index contributed by atoms with van der Waals surface area (Å²) in [6.07, 6.45) is 4.31. The van der Waals surface area contributed by atoms with E-state index in [0.29, 0.717) is 17.8 Å². The van der Waals surface area contributed by atoms with Gasteiger partial charge in [0, 0.05) is 45.2 Å². The predicted octanol–water partition coefficient (Wildman–Crippen LogP) is 3.58.